The van der Waals surface area contributed by atoms with Crippen LogP contribution >= 0.6 is 0 Å². The van der Waals surface area contributed by atoms with E-state index in [0.29, 0.717) is 18.4 Å². The van der Waals surface area contributed by atoms with Crippen molar-refractivity contribution >= 4 is 0 Å². The molecule has 0 amide bonds. The monoisotopic (exact) mass is 326 g/mol. The summed E-state index contributed by atoms with van der Waals surface area (Å²) in [4.78, 5) is 0. The highest BCUT2D eigenvalue weighted by atomic mass is 16.5. The van der Waals surface area contributed by atoms with Crippen LogP contribution in [0.3, 0.4) is 0 Å². The number of aliphatic hydroxyl groups is 1. The Bertz CT molecular complexity index is 633. The molecule has 1 saturated carbocycles. The number of benzene rings is 1. The lowest BCUT2D eigenvalue weighted by molar-refractivity contribution is -0.132. The van der Waals surface area contributed by atoms with Gasteiger partial charge in [-0.05, 0) is 37.7 Å². The first-order valence-electron chi connectivity index (χ1n) is 9.07. The maximum Gasteiger partial charge on any atom is 0.0898 e. The number of hydrogen-bond acceptors (Lipinski definition) is 2. The molecule has 1 fully saturated rings. The zero-order chi connectivity index (χ0) is 17.4. The molecule has 0 unspecified atom stereocenters. The van der Waals surface area contributed by atoms with Gasteiger partial charge in [0.2, 0.25) is 0 Å². The van der Waals surface area contributed by atoms with Gasteiger partial charge in [0.1, 0.15) is 0 Å². The van der Waals surface area contributed by atoms with Crippen LogP contribution in [0.2, 0.25) is 0 Å². The normalized spacial score (nSPS) is 38.5. The molecule has 0 aromatic heterocycles. The summed E-state index contributed by atoms with van der Waals surface area (Å²) in [6.07, 6.45) is 7.09. The summed E-state index contributed by atoms with van der Waals surface area (Å²) in [5.74, 6) is 0.926. The molecule has 0 radical (unpaired) electrons. The zero-order valence-corrected chi connectivity index (χ0v) is 15.3. The number of hydrogen-bond donors (Lipinski definition) is 1. The highest BCUT2D eigenvalue weighted by molar-refractivity contribution is 5.30. The Morgan fingerprint density at radius 3 is 2.67 bits per heavy atom. The first-order valence-corrected chi connectivity index (χ1v) is 9.07. The van der Waals surface area contributed by atoms with Gasteiger partial charge in [-0.1, -0.05) is 68.0 Å². The summed E-state index contributed by atoms with van der Waals surface area (Å²) in [6.45, 7) is 10.2. The van der Waals surface area contributed by atoms with Crippen molar-refractivity contribution in [3.8, 4) is 0 Å². The van der Waals surface area contributed by atoms with E-state index in [4.69, 9.17) is 4.74 Å². The Labute approximate surface area is 146 Å². The van der Waals surface area contributed by atoms with Gasteiger partial charge in [0.05, 0.1) is 18.8 Å². The van der Waals surface area contributed by atoms with Gasteiger partial charge in [0.15, 0.2) is 0 Å². The van der Waals surface area contributed by atoms with Crippen LogP contribution in [0.25, 0.3) is 0 Å². The van der Waals surface area contributed by atoms with Gasteiger partial charge in [-0.3, -0.25) is 0 Å². The molecule has 3 aliphatic rings. The molecule has 0 spiro atoms. The molecule has 24 heavy (non-hydrogen) atoms. The first kappa shape index (κ1) is 17.4. The van der Waals surface area contributed by atoms with E-state index in [0.717, 1.165) is 13.0 Å². The number of fused-ring (bicyclic) bond motifs is 2. The van der Waals surface area contributed by atoms with Crippen LogP contribution in [0.1, 0.15) is 39.7 Å². The van der Waals surface area contributed by atoms with Gasteiger partial charge in [0, 0.05) is 11.3 Å². The minimum atomic E-state index is -0.697. The molecule has 0 heterocycles. The summed E-state index contributed by atoms with van der Waals surface area (Å²) in [5, 5.41) is 11.1. The summed E-state index contributed by atoms with van der Waals surface area (Å²) >= 11 is 0. The van der Waals surface area contributed by atoms with Crippen molar-refractivity contribution in [1.29, 1.82) is 0 Å². The van der Waals surface area contributed by atoms with Gasteiger partial charge < -0.3 is 9.84 Å². The predicted molar refractivity (Wildman–Crippen MR) is 98.5 cm³/mol. The first-order chi connectivity index (χ1) is 11.4. The largest absolute Gasteiger partial charge is 0.385 e. The Morgan fingerprint density at radius 1 is 1.29 bits per heavy atom. The molecule has 2 bridgehead atoms. The van der Waals surface area contributed by atoms with Gasteiger partial charge in [-0.15, -0.1) is 0 Å². The van der Waals surface area contributed by atoms with Crippen LogP contribution in [0.5, 0.6) is 0 Å². The summed E-state index contributed by atoms with van der Waals surface area (Å²) < 4.78 is 6.13. The number of allylic oxidation sites excluding steroid dienone is 2. The van der Waals surface area contributed by atoms with E-state index in [2.05, 4.69) is 51.1 Å². The minimum absolute atomic E-state index is 0.0755. The van der Waals surface area contributed by atoms with E-state index >= 15 is 0 Å². The van der Waals surface area contributed by atoms with Crippen LogP contribution in [-0.4, -0.2) is 17.3 Å². The maximum atomic E-state index is 11.1. The smallest absolute Gasteiger partial charge is 0.0898 e. The highest BCUT2D eigenvalue weighted by Gasteiger charge is 2.57. The molecule has 3 aliphatic carbocycles. The SMILES string of the molecule is C/C=C/[C@]1(O)C[C@@H]2C(C)=C[C@H]1[C@H](C)[C@@]2(C)COCc1ccccc1. The number of rotatable bonds is 5. The fourth-order valence-electron chi connectivity index (χ4n) is 4.89. The van der Waals surface area contributed by atoms with Crippen molar-refractivity contribution in [2.75, 3.05) is 6.61 Å². The average molecular weight is 326 g/mol. The van der Waals surface area contributed by atoms with Crippen molar-refractivity contribution in [3.63, 3.8) is 0 Å². The Morgan fingerprint density at radius 2 is 2.00 bits per heavy atom. The lowest BCUT2D eigenvalue weighted by atomic mass is 9.48. The molecule has 2 nitrogen and oxygen atoms in total. The Kier molecular flexibility index (Phi) is 4.72. The van der Waals surface area contributed by atoms with E-state index in [1.807, 2.05) is 25.1 Å². The molecule has 130 valence electrons. The molecule has 1 aromatic rings. The molecular formula is C22H30O2. The second-order valence-corrected chi connectivity index (χ2v) is 7.96. The van der Waals surface area contributed by atoms with Gasteiger partial charge >= 0.3 is 0 Å². The molecular weight excluding hydrogens is 296 g/mol. The average Bonchev–Trinajstić information content (AvgIpc) is 2.56. The van der Waals surface area contributed by atoms with Crippen molar-refractivity contribution in [2.24, 2.45) is 23.2 Å². The van der Waals surface area contributed by atoms with Crippen molar-refractivity contribution in [2.45, 2.75) is 46.3 Å². The third-order valence-corrected chi connectivity index (χ3v) is 6.46. The van der Waals surface area contributed by atoms with Crippen molar-refractivity contribution in [3.05, 3.63) is 59.7 Å². The molecule has 4 rings (SSSR count). The van der Waals surface area contributed by atoms with Crippen molar-refractivity contribution < 1.29 is 9.84 Å². The van der Waals surface area contributed by atoms with Crippen LogP contribution in [-0.2, 0) is 11.3 Å². The molecule has 1 N–H and O–H groups in total. The second kappa shape index (κ2) is 6.50. The number of ether oxygens (including phenoxy) is 1. The van der Waals surface area contributed by atoms with Crippen LogP contribution in [0.4, 0.5) is 0 Å². The lowest BCUT2D eigenvalue weighted by Crippen LogP contribution is -2.59. The summed E-state index contributed by atoms with van der Waals surface area (Å²) in [5.41, 5.74) is 2.01. The molecule has 5 atom stereocenters. The summed E-state index contributed by atoms with van der Waals surface area (Å²) in [7, 11) is 0. The fourth-order valence-corrected chi connectivity index (χ4v) is 4.89. The molecule has 1 aromatic carbocycles. The standard InChI is InChI=1S/C22H30O2/c1-5-11-22(23)13-20-16(2)12-19(22)17(3)21(20,4)15-24-14-18-9-7-6-8-10-18/h5-12,17,19-20,23H,13-15H2,1-4H3/b11-5+/t17-,19-,20+,21+,22-/m0/s1. The molecule has 0 saturated heterocycles. The van der Waals surface area contributed by atoms with E-state index in [1.54, 1.807) is 0 Å². The van der Waals surface area contributed by atoms with Gasteiger partial charge in [-0.25, -0.2) is 0 Å². The minimum Gasteiger partial charge on any atom is -0.385 e. The second-order valence-electron chi connectivity index (χ2n) is 7.96. The maximum absolute atomic E-state index is 11.1. The van der Waals surface area contributed by atoms with Crippen molar-refractivity contribution in [1.82, 2.24) is 0 Å². The zero-order valence-electron chi connectivity index (χ0n) is 15.3. The van der Waals surface area contributed by atoms with Gasteiger partial charge in [0.25, 0.3) is 0 Å². The fraction of sp³-hybridized carbons (Fsp3) is 0.545. The molecule has 0 aliphatic heterocycles. The predicted octanol–water partition coefficient (Wildman–Crippen LogP) is 4.75. The van der Waals surface area contributed by atoms with E-state index < -0.39 is 5.60 Å². The third-order valence-electron chi connectivity index (χ3n) is 6.46. The van der Waals surface area contributed by atoms with E-state index in [9.17, 15) is 5.11 Å². The summed E-state index contributed by atoms with van der Waals surface area (Å²) in [6, 6.07) is 10.3. The third kappa shape index (κ3) is 2.87. The molecule has 2 heteroatoms. The lowest BCUT2D eigenvalue weighted by Gasteiger charge is -2.59. The topological polar surface area (TPSA) is 29.5 Å². The quantitative estimate of drug-likeness (QED) is 0.791. The van der Waals surface area contributed by atoms with E-state index in [1.165, 1.54) is 11.1 Å². The van der Waals surface area contributed by atoms with Gasteiger partial charge in [-0.2, -0.15) is 0 Å². The van der Waals surface area contributed by atoms with Crippen LogP contribution in [0, 0.1) is 23.2 Å². The van der Waals surface area contributed by atoms with Crippen LogP contribution < -0.4 is 0 Å². The highest BCUT2D eigenvalue weighted by Crippen LogP contribution is 2.59. The van der Waals surface area contributed by atoms with Crippen LogP contribution in [0.15, 0.2) is 54.1 Å². The Balaban J connectivity index is 1.75. The Hall–Kier alpha value is -1.38. The van der Waals surface area contributed by atoms with E-state index in [-0.39, 0.29) is 11.3 Å².